The molecule has 6 atom stereocenters. The third-order valence-corrected chi connectivity index (χ3v) is 8.04. The number of fused-ring (bicyclic) bond motifs is 5. The predicted molar refractivity (Wildman–Crippen MR) is 91.9 cm³/mol. The number of hydrogen-bond donors (Lipinski definition) is 1. The van der Waals surface area contributed by atoms with Crippen LogP contribution in [0.1, 0.15) is 65.7 Å². The van der Waals surface area contributed by atoms with Gasteiger partial charge in [0.1, 0.15) is 5.78 Å². The van der Waals surface area contributed by atoms with Crippen molar-refractivity contribution >= 4 is 5.78 Å². The number of carbonyl (C=O) groups is 1. The number of Topliss-reactive ketones (excluding diaryl/α,β-unsaturated/α-hetero) is 1. The van der Waals surface area contributed by atoms with Gasteiger partial charge < -0.3 is 5.11 Å². The van der Waals surface area contributed by atoms with Gasteiger partial charge in [0.25, 0.3) is 0 Å². The molecule has 4 aliphatic rings. The van der Waals surface area contributed by atoms with Gasteiger partial charge in [-0.25, -0.2) is 0 Å². The highest BCUT2D eigenvalue weighted by atomic mass is 16.3. The van der Waals surface area contributed by atoms with Gasteiger partial charge in [-0.1, -0.05) is 37.1 Å². The second kappa shape index (κ2) is 5.05. The van der Waals surface area contributed by atoms with E-state index < -0.39 is 0 Å². The Kier molecular flexibility index (Phi) is 3.43. The lowest BCUT2D eigenvalue weighted by Gasteiger charge is -2.54. The first-order chi connectivity index (χ1) is 10.9. The lowest BCUT2D eigenvalue weighted by molar-refractivity contribution is -0.124. The van der Waals surface area contributed by atoms with Crippen LogP contribution in [-0.2, 0) is 4.79 Å². The first-order valence-electron chi connectivity index (χ1n) is 9.46. The smallest absolute Gasteiger partial charge is 0.133 e. The summed E-state index contributed by atoms with van der Waals surface area (Å²) in [4.78, 5) is 12.1. The molecule has 4 aliphatic carbocycles. The Morgan fingerprint density at radius 2 is 1.87 bits per heavy atom. The van der Waals surface area contributed by atoms with Crippen molar-refractivity contribution in [1.29, 1.82) is 0 Å². The number of ketones is 1. The molecule has 0 spiro atoms. The Bertz CT molecular complexity index is 601. The van der Waals surface area contributed by atoms with Gasteiger partial charge in [-0.05, 0) is 74.5 Å². The van der Waals surface area contributed by atoms with E-state index in [1.807, 2.05) is 0 Å². The minimum Gasteiger partial charge on any atom is -0.393 e. The zero-order chi connectivity index (χ0) is 16.4. The highest BCUT2D eigenvalue weighted by Gasteiger charge is 2.57. The summed E-state index contributed by atoms with van der Waals surface area (Å²) in [6.07, 6.45) is 12.1. The van der Waals surface area contributed by atoms with Crippen LogP contribution >= 0.6 is 0 Å². The maximum absolute atomic E-state index is 12.1. The molecule has 2 heteroatoms. The molecular formula is C21H30O2. The van der Waals surface area contributed by atoms with Crippen molar-refractivity contribution in [2.75, 3.05) is 0 Å². The Hall–Kier alpha value is -0.890. The number of aliphatic hydroxyl groups is 1. The molecule has 0 amide bonds. The van der Waals surface area contributed by atoms with Crippen LogP contribution in [0.25, 0.3) is 0 Å². The molecule has 3 saturated carbocycles. The normalized spacial score (nSPS) is 48.7. The predicted octanol–water partition coefficient (Wildman–Crippen LogP) is 4.44. The molecule has 0 radical (unpaired) electrons. The summed E-state index contributed by atoms with van der Waals surface area (Å²) in [5.74, 6) is 1.89. The Morgan fingerprint density at radius 3 is 2.61 bits per heavy atom. The van der Waals surface area contributed by atoms with Crippen LogP contribution in [-0.4, -0.2) is 17.0 Å². The van der Waals surface area contributed by atoms with Gasteiger partial charge in [0, 0.05) is 5.92 Å². The van der Waals surface area contributed by atoms with Crippen molar-refractivity contribution < 1.29 is 9.90 Å². The van der Waals surface area contributed by atoms with Crippen molar-refractivity contribution in [1.82, 2.24) is 0 Å². The largest absolute Gasteiger partial charge is 0.393 e. The van der Waals surface area contributed by atoms with Gasteiger partial charge >= 0.3 is 0 Å². The number of carbonyl (C=O) groups excluding carboxylic acids is 1. The maximum Gasteiger partial charge on any atom is 0.133 e. The van der Waals surface area contributed by atoms with E-state index in [2.05, 4.69) is 26.0 Å². The summed E-state index contributed by atoms with van der Waals surface area (Å²) in [6, 6.07) is 0. The summed E-state index contributed by atoms with van der Waals surface area (Å²) in [5.41, 5.74) is 3.53. The number of aliphatic hydroxyl groups excluding tert-OH is 1. The Labute approximate surface area is 140 Å². The fourth-order valence-corrected chi connectivity index (χ4v) is 6.65. The fourth-order valence-electron chi connectivity index (χ4n) is 6.65. The van der Waals surface area contributed by atoms with Crippen LogP contribution in [0.5, 0.6) is 0 Å². The van der Waals surface area contributed by atoms with Gasteiger partial charge in [0.2, 0.25) is 0 Å². The van der Waals surface area contributed by atoms with Crippen LogP contribution in [0.2, 0.25) is 0 Å². The topological polar surface area (TPSA) is 37.3 Å². The van der Waals surface area contributed by atoms with E-state index in [1.165, 1.54) is 24.8 Å². The molecule has 0 aliphatic heterocycles. The van der Waals surface area contributed by atoms with E-state index in [-0.39, 0.29) is 22.9 Å². The molecule has 0 bridgehead atoms. The fraction of sp³-hybridized carbons (Fsp3) is 0.762. The lowest BCUT2D eigenvalue weighted by Crippen LogP contribution is -2.46. The zero-order valence-electron chi connectivity index (χ0n) is 14.8. The number of rotatable bonds is 1. The van der Waals surface area contributed by atoms with E-state index in [4.69, 9.17) is 0 Å². The van der Waals surface area contributed by atoms with Gasteiger partial charge in [-0.15, -0.1) is 0 Å². The van der Waals surface area contributed by atoms with Crippen molar-refractivity contribution in [3.05, 3.63) is 23.3 Å². The highest BCUT2D eigenvalue weighted by molar-refractivity contribution is 5.79. The van der Waals surface area contributed by atoms with Crippen LogP contribution < -0.4 is 0 Å². The van der Waals surface area contributed by atoms with Gasteiger partial charge in [0.05, 0.1) is 6.10 Å². The summed E-state index contributed by atoms with van der Waals surface area (Å²) < 4.78 is 0. The van der Waals surface area contributed by atoms with Crippen LogP contribution in [0.15, 0.2) is 23.3 Å². The van der Waals surface area contributed by atoms with E-state index in [9.17, 15) is 9.90 Å². The Morgan fingerprint density at radius 1 is 1.09 bits per heavy atom. The second-order valence-electron chi connectivity index (χ2n) is 9.06. The van der Waals surface area contributed by atoms with Gasteiger partial charge in [0.15, 0.2) is 0 Å². The summed E-state index contributed by atoms with van der Waals surface area (Å²) >= 11 is 0. The minimum absolute atomic E-state index is 0.147. The highest BCUT2D eigenvalue weighted by Crippen LogP contribution is 2.64. The maximum atomic E-state index is 12.1. The zero-order valence-corrected chi connectivity index (χ0v) is 14.8. The molecule has 0 saturated heterocycles. The molecule has 4 rings (SSSR count). The van der Waals surface area contributed by atoms with Crippen molar-refractivity contribution in [2.24, 2.45) is 28.6 Å². The molecule has 0 aromatic heterocycles. The third-order valence-electron chi connectivity index (χ3n) is 8.04. The van der Waals surface area contributed by atoms with Gasteiger partial charge in [-0.3, -0.25) is 4.79 Å². The standard InChI is InChI=1S/C21H30O2/c1-13(22)17-6-7-18-16-5-4-14-12-15(23)8-10-20(14,2)19(16)9-11-21(17,18)3/h4-5,15,17-19,23H,6-12H2,1-3H3/t15?,17?,18?,19?,20-,21+/m0/s1. The first kappa shape index (κ1) is 15.6. The number of hydrogen-bond acceptors (Lipinski definition) is 2. The Balaban J connectivity index is 1.72. The lowest BCUT2D eigenvalue weighted by atomic mass is 9.50. The molecular weight excluding hydrogens is 284 g/mol. The molecule has 126 valence electrons. The van der Waals surface area contributed by atoms with E-state index in [0.29, 0.717) is 17.6 Å². The molecule has 0 aromatic rings. The molecule has 0 aromatic carbocycles. The summed E-state index contributed by atoms with van der Waals surface area (Å²) in [5, 5.41) is 10.0. The molecule has 1 N–H and O–H groups in total. The first-order valence-corrected chi connectivity index (χ1v) is 9.46. The average Bonchev–Trinajstić information content (AvgIpc) is 2.85. The van der Waals surface area contributed by atoms with Crippen molar-refractivity contribution in [2.45, 2.75) is 71.8 Å². The van der Waals surface area contributed by atoms with Crippen molar-refractivity contribution in [3.8, 4) is 0 Å². The van der Waals surface area contributed by atoms with Crippen LogP contribution in [0, 0.1) is 28.6 Å². The van der Waals surface area contributed by atoms with Crippen LogP contribution in [0.3, 0.4) is 0 Å². The monoisotopic (exact) mass is 314 g/mol. The number of allylic oxidation sites excluding steroid dienone is 3. The third kappa shape index (κ3) is 2.06. The van der Waals surface area contributed by atoms with E-state index in [1.54, 1.807) is 12.5 Å². The van der Waals surface area contributed by atoms with E-state index in [0.717, 1.165) is 25.7 Å². The second-order valence-corrected chi connectivity index (χ2v) is 9.06. The molecule has 23 heavy (non-hydrogen) atoms. The quantitative estimate of drug-likeness (QED) is 0.777. The average molecular weight is 314 g/mol. The molecule has 2 nitrogen and oxygen atoms in total. The van der Waals surface area contributed by atoms with E-state index >= 15 is 0 Å². The minimum atomic E-state index is -0.147. The SMILES string of the molecule is CC(=O)C1CCC2C3=CC=C4CC(O)CC[C@]4(C)C3CC[C@]12C. The summed E-state index contributed by atoms with van der Waals surface area (Å²) in [6.45, 7) is 6.60. The molecule has 0 heterocycles. The van der Waals surface area contributed by atoms with Gasteiger partial charge in [-0.2, -0.15) is 0 Å². The van der Waals surface area contributed by atoms with Crippen LogP contribution in [0.4, 0.5) is 0 Å². The molecule has 4 unspecified atom stereocenters. The summed E-state index contributed by atoms with van der Waals surface area (Å²) in [7, 11) is 0. The molecule has 3 fully saturated rings. The van der Waals surface area contributed by atoms with Crippen molar-refractivity contribution in [3.63, 3.8) is 0 Å².